The number of carbonyl (C=O) groups is 2. The number of hydrogen-bond donors (Lipinski definition) is 1. The van der Waals surface area contributed by atoms with Crippen LogP contribution in [0, 0.1) is 17.2 Å². The largest absolute Gasteiger partial charge is 0.341 e. The fourth-order valence-electron chi connectivity index (χ4n) is 4.21. The summed E-state index contributed by atoms with van der Waals surface area (Å²) in [6, 6.07) is 2.19. The molecule has 0 spiro atoms. The second-order valence-corrected chi connectivity index (χ2v) is 7.36. The SMILES string of the molecule is N#CC1CCN(C(=O)[C@@H]2CCCN2C(=O)NC2CCCCC2)CC1. The number of nitriles is 1. The van der Waals surface area contributed by atoms with Gasteiger partial charge in [0.1, 0.15) is 6.04 Å². The van der Waals surface area contributed by atoms with Crippen LogP contribution in [-0.2, 0) is 4.79 Å². The van der Waals surface area contributed by atoms with E-state index in [1.165, 1.54) is 19.3 Å². The van der Waals surface area contributed by atoms with Crippen molar-refractivity contribution in [3.05, 3.63) is 0 Å². The minimum atomic E-state index is -0.313. The maximum atomic E-state index is 12.8. The first-order valence-electron chi connectivity index (χ1n) is 9.44. The highest BCUT2D eigenvalue weighted by atomic mass is 16.2. The summed E-state index contributed by atoms with van der Waals surface area (Å²) in [4.78, 5) is 29.0. The normalized spacial score (nSPS) is 26.2. The molecule has 0 bridgehead atoms. The van der Waals surface area contributed by atoms with Crippen LogP contribution < -0.4 is 5.32 Å². The Kier molecular flexibility index (Phi) is 5.60. The van der Waals surface area contributed by atoms with E-state index >= 15 is 0 Å². The van der Waals surface area contributed by atoms with Crippen molar-refractivity contribution < 1.29 is 9.59 Å². The van der Waals surface area contributed by atoms with E-state index in [-0.39, 0.29) is 29.9 Å². The first kappa shape index (κ1) is 17.1. The number of nitrogens with zero attached hydrogens (tertiary/aromatic N) is 3. The van der Waals surface area contributed by atoms with E-state index in [2.05, 4.69) is 11.4 Å². The standard InChI is InChI=1S/C18H28N4O2/c19-13-14-8-11-21(12-9-14)17(23)16-7-4-10-22(16)18(24)20-15-5-2-1-3-6-15/h14-16H,1-12H2,(H,20,24)/t16-/m0/s1. The summed E-state index contributed by atoms with van der Waals surface area (Å²) in [5.74, 6) is 0.144. The van der Waals surface area contributed by atoms with Crippen molar-refractivity contribution in [2.45, 2.75) is 69.9 Å². The third-order valence-corrected chi connectivity index (χ3v) is 5.72. The number of piperidine rings is 1. The van der Waals surface area contributed by atoms with E-state index in [1.807, 2.05) is 4.90 Å². The number of carbonyl (C=O) groups excluding carboxylic acids is 2. The van der Waals surface area contributed by atoms with Gasteiger partial charge in [-0.1, -0.05) is 19.3 Å². The lowest BCUT2D eigenvalue weighted by Gasteiger charge is -2.34. The number of likely N-dealkylation sites (tertiary alicyclic amines) is 2. The summed E-state index contributed by atoms with van der Waals surface area (Å²) >= 11 is 0. The van der Waals surface area contributed by atoms with Gasteiger partial charge in [0.05, 0.1) is 6.07 Å². The Morgan fingerprint density at radius 3 is 2.29 bits per heavy atom. The molecule has 3 amide bonds. The molecule has 132 valence electrons. The summed E-state index contributed by atoms with van der Waals surface area (Å²) < 4.78 is 0. The zero-order chi connectivity index (χ0) is 16.9. The maximum absolute atomic E-state index is 12.8. The van der Waals surface area contributed by atoms with E-state index in [4.69, 9.17) is 5.26 Å². The van der Waals surface area contributed by atoms with E-state index in [9.17, 15) is 9.59 Å². The molecule has 24 heavy (non-hydrogen) atoms. The van der Waals surface area contributed by atoms with Crippen LogP contribution in [0.25, 0.3) is 0 Å². The molecule has 2 aliphatic heterocycles. The second kappa shape index (κ2) is 7.87. The lowest BCUT2D eigenvalue weighted by Crippen LogP contribution is -2.53. The lowest BCUT2D eigenvalue weighted by molar-refractivity contribution is -0.136. The van der Waals surface area contributed by atoms with E-state index in [0.29, 0.717) is 19.6 Å². The van der Waals surface area contributed by atoms with Crippen LogP contribution in [0.3, 0.4) is 0 Å². The third kappa shape index (κ3) is 3.82. The van der Waals surface area contributed by atoms with Crippen molar-refractivity contribution in [1.29, 1.82) is 5.26 Å². The molecule has 0 unspecified atom stereocenters. The zero-order valence-electron chi connectivity index (χ0n) is 14.4. The minimum absolute atomic E-state index is 0.0651. The zero-order valence-corrected chi connectivity index (χ0v) is 14.4. The van der Waals surface area contributed by atoms with Crippen LogP contribution in [0.4, 0.5) is 4.79 Å². The van der Waals surface area contributed by atoms with Gasteiger partial charge in [0, 0.05) is 31.6 Å². The van der Waals surface area contributed by atoms with Crippen molar-refractivity contribution >= 4 is 11.9 Å². The highest BCUT2D eigenvalue weighted by Gasteiger charge is 2.38. The van der Waals surface area contributed by atoms with Gasteiger partial charge in [-0.2, -0.15) is 5.26 Å². The molecule has 1 N–H and O–H groups in total. The fraction of sp³-hybridized carbons (Fsp3) is 0.833. The van der Waals surface area contributed by atoms with Gasteiger partial charge in [0.15, 0.2) is 0 Å². The molecule has 1 atom stereocenters. The molecule has 6 heteroatoms. The van der Waals surface area contributed by atoms with E-state index < -0.39 is 0 Å². The van der Waals surface area contributed by atoms with Crippen LogP contribution in [0.2, 0.25) is 0 Å². The summed E-state index contributed by atoms with van der Waals surface area (Å²) in [6.45, 7) is 1.96. The molecule has 1 aliphatic carbocycles. The first-order chi connectivity index (χ1) is 11.7. The highest BCUT2D eigenvalue weighted by molar-refractivity contribution is 5.87. The Bertz CT molecular complexity index is 502. The second-order valence-electron chi connectivity index (χ2n) is 7.36. The predicted molar refractivity (Wildman–Crippen MR) is 90.0 cm³/mol. The summed E-state index contributed by atoms with van der Waals surface area (Å²) in [7, 11) is 0. The molecule has 0 aromatic carbocycles. The molecule has 0 radical (unpaired) electrons. The first-order valence-corrected chi connectivity index (χ1v) is 9.44. The van der Waals surface area contributed by atoms with Crippen LogP contribution in [0.15, 0.2) is 0 Å². The van der Waals surface area contributed by atoms with E-state index in [1.54, 1.807) is 4.90 Å². The maximum Gasteiger partial charge on any atom is 0.318 e. The van der Waals surface area contributed by atoms with Crippen molar-refractivity contribution in [2.75, 3.05) is 19.6 Å². The molecular formula is C18H28N4O2. The van der Waals surface area contributed by atoms with Gasteiger partial charge in [0.25, 0.3) is 0 Å². The number of nitrogens with one attached hydrogen (secondary N) is 1. The number of amides is 3. The number of rotatable bonds is 2. The molecule has 3 rings (SSSR count). The molecular weight excluding hydrogens is 304 g/mol. The van der Waals surface area contributed by atoms with Gasteiger partial charge < -0.3 is 15.1 Å². The minimum Gasteiger partial charge on any atom is -0.341 e. The average Bonchev–Trinajstić information content (AvgIpc) is 3.12. The highest BCUT2D eigenvalue weighted by Crippen LogP contribution is 2.24. The van der Waals surface area contributed by atoms with Crippen molar-refractivity contribution in [1.82, 2.24) is 15.1 Å². The molecule has 3 aliphatic rings. The Labute approximate surface area is 144 Å². The fourth-order valence-corrected chi connectivity index (χ4v) is 4.21. The van der Waals surface area contributed by atoms with Crippen LogP contribution >= 0.6 is 0 Å². The molecule has 0 aromatic heterocycles. The Morgan fingerprint density at radius 2 is 1.62 bits per heavy atom. The number of urea groups is 1. The monoisotopic (exact) mass is 332 g/mol. The van der Waals surface area contributed by atoms with Crippen LogP contribution in [-0.4, -0.2) is 53.5 Å². The number of hydrogen-bond acceptors (Lipinski definition) is 3. The topological polar surface area (TPSA) is 76.4 Å². The summed E-state index contributed by atoms with van der Waals surface area (Å²) in [5.41, 5.74) is 0. The Balaban J connectivity index is 1.55. The quantitative estimate of drug-likeness (QED) is 0.842. The van der Waals surface area contributed by atoms with Gasteiger partial charge >= 0.3 is 6.03 Å². The Morgan fingerprint density at radius 1 is 0.917 bits per heavy atom. The molecule has 0 aromatic rings. The molecule has 1 saturated carbocycles. The predicted octanol–water partition coefficient (Wildman–Crippen LogP) is 2.26. The average molecular weight is 332 g/mol. The van der Waals surface area contributed by atoms with Gasteiger partial charge in [-0.15, -0.1) is 0 Å². The molecule has 6 nitrogen and oxygen atoms in total. The smallest absolute Gasteiger partial charge is 0.318 e. The van der Waals surface area contributed by atoms with Gasteiger partial charge in [-0.05, 0) is 38.5 Å². The molecule has 2 saturated heterocycles. The molecule has 2 heterocycles. The van der Waals surface area contributed by atoms with Crippen molar-refractivity contribution in [3.8, 4) is 6.07 Å². The Hall–Kier alpha value is -1.77. The lowest BCUT2D eigenvalue weighted by atomic mass is 9.96. The van der Waals surface area contributed by atoms with Crippen LogP contribution in [0.1, 0.15) is 57.8 Å². The van der Waals surface area contributed by atoms with Crippen molar-refractivity contribution in [2.24, 2.45) is 5.92 Å². The molecule has 3 fully saturated rings. The third-order valence-electron chi connectivity index (χ3n) is 5.72. The van der Waals surface area contributed by atoms with E-state index in [0.717, 1.165) is 38.5 Å². The van der Waals surface area contributed by atoms with Crippen LogP contribution in [0.5, 0.6) is 0 Å². The summed E-state index contributed by atoms with van der Waals surface area (Å²) in [5, 5.41) is 12.1. The van der Waals surface area contributed by atoms with Gasteiger partial charge in [0.2, 0.25) is 5.91 Å². The summed E-state index contributed by atoms with van der Waals surface area (Å²) in [6.07, 6.45) is 8.89. The van der Waals surface area contributed by atoms with Gasteiger partial charge in [-0.25, -0.2) is 4.79 Å². The van der Waals surface area contributed by atoms with Crippen molar-refractivity contribution in [3.63, 3.8) is 0 Å². The van der Waals surface area contributed by atoms with Gasteiger partial charge in [-0.3, -0.25) is 4.79 Å².